The van der Waals surface area contributed by atoms with E-state index in [1.807, 2.05) is 17.9 Å². The summed E-state index contributed by atoms with van der Waals surface area (Å²) in [6.45, 7) is 5.50. The minimum atomic E-state index is 0.512. The van der Waals surface area contributed by atoms with Gasteiger partial charge in [-0.15, -0.1) is 0 Å². The molecule has 1 saturated heterocycles. The van der Waals surface area contributed by atoms with Crippen LogP contribution in [0.15, 0.2) is 30.5 Å². The SMILES string of the molecule is Cc1ccc2nc([C@@H]3CCCN(CCc4ccnn4C)C3)[nH]c2c1. The highest BCUT2D eigenvalue weighted by molar-refractivity contribution is 5.75. The zero-order chi connectivity index (χ0) is 16.5. The van der Waals surface area contributed by atoms with E-state index in [0.717, 1.165) is 36.4 Å². The summed E-state index contributed by atoms with van der Waals surface area (Å²) in [6, 6.07) is 8.56. The van der Waals surface area contributed by atoms with E-state index < -0.39 is 0 Å². The molecular weight excluding hydrogens is 298 g/mol. The Kier molecular flexibility index (Phi) is 4.10. The highest BCUT2D eigenvalue weighted by Gasteiger charge is 2.23. The van der Waals surface area contributed by atoms with Crippen molar-refractivity contribution in [3.63, 3.8) is 0 Å². The van der Waals surface area contributed by atoms with Gasteiger partial charge in [-0.05, 0) is 50.1 Å². The number of rotatable bonds is 4. The van der Waals surface area contributed by atoms with Gasteiger partial charge in [0, 0.05) is 44.4 Å². The van der Waals surface area contributed by atoms with Crippen LogP contribution in [0.5, 0.6) is 0 Å². The molecule has 1 N–H and O–H groups in total. The maximum Gasteiger partial charge on any atom is 0.111 e. The van der Waals surface area contributed by atoms with Crippen molar-refractivity contribution < 1.29 is 0 Å². The summed E-state index contributed by atoms with van der Waals surface area (Å²) in [4.78, 5) is 11.0. The molecule has 0 unspecified atom stereocenters. The van der Waals surface area contributed by atoms with Crippen molar-refractivity contribution in [2.75, 3.05) is 19.6 Å². The van der Waals surface area contributed by atoms with Crippen molar-refractivity contribution >= 4 is 11.0 Å². The molecule has 0 amide bonds. The summed E-state index contributed by atoms with van der Waals surface area (Å²) in [5.41, 5.74) is 4.83. The molecule has 0 bridgehead atoms. The quantitative estimate of drug-likeness (QED) is 0.803. The van der Waals surface area contributed by atoms with Crippen molar-refractivity contribution in [3.05, 3.63) is 47.5 Å². The van der Waals surface area contributed by atoms with E-state index in [9.17, 15) is 0 Å². The molecule has 1 atom stereocenters. The maximum atomic E-state index is 4.84. The van der Waals surface area contributed by atoms with Crippen LogP contribution in [0.25, 0.3) is 11.0 Å². The number of fused-ring (bicyclic) bond motifs is 1. The Morgan fingerprint density at radius 3 is 3.04 bits per heavy atom. The minimum absolute atomic E-state index is 0.512. The first-order chi connectivity index (χ1) is 11.7. The monoisotopic (exact) mass is 323 g/mol. The van der Waals surface area contributed by atoms with E-state index in [4.69, 9.17) is 4.98 Å². The first-order valence-corrected chi connectivity index (χ1v) is 8.84. The second-order valence-electron chi connectivity index (χ2n) is 6.98. The van der Waals surface area contributed by atoms with E-state index in [0.29, 0.717) is 5.92 Å². The number of piperidine rings is 1. The lowest BCUT2D eigenvalue weighted by molar-refractivity contribution is 0.206. The molecule has 3 aromatic rings. The first-order valence-electron chi connectivity index (χ1n) is 8.84. The Labute approximate surface area is 142 Å². The highest BCUT2D eigenvalue weighted by Crippen LogP contribution is 2.27. The van der Waals surface area contributed by atoms with E-state index in [1.54, 1.807) is 0 Å². The number of aromatic nitrogens is 4. The van der Waals surface area contributed by atoms with Crippen LogP contribution in [0.4, 0.5) is 0 Å². The molecule has 24 heavy (non-hydrogen) atoms. The fourth-order valence-electron chi connectivity index (χ4n) is 3.74. The topological polar surface area (TPSA) is 49.7 Å². The molecule has 0 saturated carbocycles. The molecule has 0 radical (unpaired) electrons. The van der Waals surface area contributed by atoms with Crippen molar-refractivity contribution in [2.45, 2.75) is 32.1 Å². The van der Waals surface area contributed by atoms with Crippen LogP contribution in [0.2, 0.25) is 0 Å². The van der Waals surface area contributed by atoms with Gasteiger partial charge in [0.2, 0.25) is 0 Å². The van der Waals surface area contributed by atoms with Gasteiger partial charge in [-0.1, -0.05) is 6.07 Å². The summed E-state index contributed by atoms with van der Waals surface area (Å²) in [7, 11) is 2.02. The molecule has 1 aliphatic rings. The van der Waals surface area contributed by atoms with Crippen LogP contribution >= 0.6 is 0 Å². The molecule has 4 rings (SSSR count). The van der Waals surface area contributed by atoms with Crippen LogP contribution in [0.3, 0.4) is 0 Å². The number of benzene rings is 1. The summed E-state index contributed by atoms with van der Waals surface area (Å²) >= 11 is 0. The number of nitrogens with one attached hydrogen (secondary N) is 1. The van der Waals surface area contributed by atoms with E-state index in [1.165, 1.54) is 30.6 Å². The predicted molar refractivity (Wildman–Crippen MR) is 96.2 cm³/mol. The van der Waals surface area contributed by atoms with Gasteiger partial charge >= 0.3 is 0 Å². The van der Waals surface area contributed by atoms with Gasteiger partial charge in [0.1, 0.15) is 5.82 Å². The number of hydrogen-bond acceptors (Lipinski definition) is 3. The Balaban J connectivity index is 1.44. The van der Waals surface area contributed by atoms with Crippen molar-refractivity contribution in [1.82, 2.24) is 24.6 Å². The van der Waals surface area contributed by atoms with Crippen molar-refractivity contribution in [3.8, 4) is 0 Å². The minimum Gasteiger partial charge on any atom is -0.342 e. The molecule has 0 spiro atoms. The number of aromatic amines is 1. The molecule has 1 aromatic carbocycles. The van der Waals surface area contributed by atoms with Crippen LogP contribution < -0.4 is 0 Å². The second kappa shape index (κ2) is 6.40. The van der Waals surface area contributed by atoms with E-state index >= 15 is 0 Å². The number of likely N-dealkylation sites (tertiary alicyclic amines) is 1. The fourth-order valence-corrected chi connectivity index (χ4v) is 3.74. The molecule has 1 fully saturated rings. The van der Waals surface area contributed by atoms with Crippen molar-refractivity contribution in [2.24, 2.45) is 7.05 Å². The van der Waals surface area contributed by atoms with Crippen LogP contribution in [0, 0.1) is 6.92 Å². The summed E-state index contributed by atoms with van der Waals surface area (Å²) in [6.07, 6.45) is 5.40. The molecule has 3 heterocycles. The fraction of sp³-hybridized carbons (Fsp3) is 0.474. The molecule has 5 nitrogen and oxygen atoms in total. The zero-order valence-electron chi connectivity index (χ0n) is 14.5. The Hall–Kier alpha value is -2.14. The number of hydrogen-bond donors (Lipinski definition) is 1. The third kappa shape index (κ3) is 3.08. The molecule has 2 aromatic heterocycles. The molecule has 126 valence electrons. The first kappa shape index (κ1) is 15.4. The summed E-state index contributed by atoms with van der Waals surface area (Å²) < 4.78 is 1.98. The molecular formula is C19H25N5. The lowest BCUT2D eigenvalue weighted by atomic mass is 9.97. The van der Waals surface area contributed by atoms with Gasteiger partial charge in [-0.25, -0.2) is 4.98 Å². The highest BCUT2D eigenvalue weighted by atomic mass is 15.3. The number of nitrogens with zero attached hydrogens (tertiary/aromatic N) is 4. The second-order valence-corrected chi connectivity index (χ2v) is 6.98. The van der Waals surface area contributed by atoms with Gasteiger partial charge in [0.15, 0.2) is 0 Å². The van der Waals surface area contributed by atoms with Gasteiger partial charge in [0.05, 0.1) is 11.0 Å². The Morgan fingerprint density at radius 2 is 2.21 bits per heavy atom. The third-order valence-electron chi connectivity index (χ3n) is 5.15. The average molecular weight is 323 g/mol. The Bertz CT molecular complexity index is 831. The lowest BCUT2D eigenvalue weighted by Crippen LogP contribution is -2.36. The normalized spacial score (nSPS) is 19.2. The predicted octanol–water partition coefficient (Wildman–Crippen LogP) is 3.03. The maximum absolute atomic E-state index is 4.84. The summed E-state index contributed by atoms with van der Waals surface area (Å²) in [5.74, 6) is 1.67. The van der Waals surface area contributed by atoms with Gasteiger partial charge in [-0.2, -0.15) is 5.10 Å². The van der Waals surface area contributed by atoms with Crippen LogP contribution in [0.1, 0.15) is 35.8 Å². The summed E-state index contributed by atoms with van der Waals surface area (Å²) in [5, 5.41) is 4.26. The number of aryl methyl sites for hydroxylation is 2. The number of H-pyrrole nitrogens is 1. The van der Waals surface area contributed by atoms with Gasteiger partial charge in [-0.3, -0.25) is 4.68 Å². The van der Waals surface area contributed by atoms with E-state index in [-0.39, 0.29) is 0 Å². The standard InChI is InChI=1S/C19H25N5/c1-14-5-6-17-18(12-14)22-19(21-17)15-4-3-10-24(13-15)11-8-16-7-9-20-23(16)2/h5-7,9,12,15H,3-4,8,10-11,13H2,1-2H3,(H,21,22)/t15-/m1/s1. The van der Waals surface area contributed by atoms with Gasteiger partial charge in [0.25, 0.3) is 0 Å². The average Bonchev–Trinajstić information content (AvgIpc) is 3.19. The molecule has 5 heteroatoms. The van der Waals surface area contributed by atoms with Crippen LogP contribution in [-0.4, -0.2) is 44.3 Å². The molecule has 1 aliphatic heterocycles. The largest absolute Gasteiger partial charge is 0.342 e. The van der Waals surface area contributed by atoms with Crippen molar-refractivity contribution in [1.29, 1.82) is 0 Å². The lowest BCUT2D eigenvalue weighted by Gasteiger charge is -2.31. The zero-order valence-corrected chi connectivity index (χ0v) is 14.5. The smallest absolute Gasteiger partial charge is 0.111 e. The molecule has 0 aliphatic carbocycles. The van der Waals surface area contributed by atoms with E-state index in [2.05, 4.69) is 46.2 Å². The van der Waals surface area contributed by atoms with Gasteiger partial charge < -0.3 is 9.88 Å². The Morgan fingerprint density at radius 1 is 1.29 bits per heavy atom. The third-order valence-corrected chi connectivity index (χ3v) is 5.15. The van der Waals surface area contributed by atoms with Crippen LogP contribution in [-0.2, 0) is 13.5 Å². The number of imidazole rings is 1.